The average Bonchev–Trinajstić information content (AvgIpc) is 3.21. The second-order valence-corrected chi connectivity index (χ2v) is 7.10. The number of ether oxygens (including phenoxy) is 1. The van der Waals surface area contributed by atoms with E-state index in [2.05, 4.69) is 16.5 Å². The third-order valence-electron chi connectivity index (χ3n) is 5.39. The molecular weight excluding hydrogens is 344 g/mol. The second kappa shape index (κ2) is 9.12. The summed E-state index contributed by atoms with van der Waals surface area (Å²) < 4.78 is 7.26. The number of aromatic nitrogens is 2. The van der Waals surface area contributed by atoms with E-state index in [-0.39, 0.29) is 24.6 Å². The van der Waals surface area contributed by atoms with Crippen molar-refractivity contribution in [2.24, 2.45) is 0 Å². The maximum atomic E-state index is 12.5. The predicted molar refractivity (Wildman–Crippen MR) is 102 cm³/mol. The maximum absolute atomic E-state index is 12.5. The van der Waals surface area contributed by atoms with Crippen LogP contribution in [0, 0.1) is 0 Å². The van der Waals surface area contributed by atoms with Gasteiger partial charge in [-0.05, 0) is 37.1 Å². The van der Waals surface area contributed by atoms with E-state index in [9.17, 15) is 9.90 Å². The Morgan fingerprint density at radius 1 is 1.30 bits per heavy atom. The molecule has 3 rings (SSSR count). The number of rotatable bonds is 8. The molecule has 1 aliphatic rings. The predicted octanol–water partition coefficient (Wildman–Crippen LogP) is 1.02. The van der Waals surface area contributed by atoms with Gasteiger partial charge in [0, 0.05) is 37.7 Å². The molecule has 2 heterocycles. The van der Waals surface area contributed by atoms with E-state index < -0.39 is 0 Å². The standard InChI is InChI=1S/C20H28N4O3/c1-23(20(16-25)7-11-27-12-8-20)15-19(26)21-13-17-5-2-3-6-18(17)14-24-10-4-9-22-24/h2-6,9-10,25H,7-8,11-16H2,1H3,(H,21,26). The van der Waals surface area contributed by atoms with Crippen LogP contribution >= 0.6 is 0 Å². The van der Waals surface area contributed by atoms with E-state index in [1.807, 2.05) is 47.1 Å². The van der Waals surface area contributed by atoms with Crippen molar-refractivity contribution in [1.29, 1.82) is 0 Å². The lowest BCUT2D eigenvalue weighted by Crippen LogP contribution is -2.55. The zero-order valence-corrected chi connectivity index (χ0v) is 15.8. The Balaban J connectivity index is 1.56. The van der Waals surface area contributed by atoms with Gasteiger partial charge in [0.05, 0.1) is 19.7 Å². The third kappa shape index (κ3) is 4.94. The van der Waals surface area contributed by atoms with Gasteiger partial charge in [0.2, 0.25) is 5.91 Å². The van der Waals surface area contributed by atoms with E-state index in [1.54, 1.807) is 6.20 Å². The van der Waals surface area contributed by atoms with Crippen molar-refractivity contribution in [3.05, 3.63) is 53.9 Å². The fourth-order valence-electron chi connectivity index (χ4n) is 3.50. The molecule has 27 heavy (non-hydrogen) atoms. The molecule has 1 amide bonds. The van der Waals surface area contributed by atoms with E-state index >= 15 is 0 Å². The van der Waals surface area contributed by atoms with Gasteiger partial charge in [0.1, 0.15) is 0 Å². The lowest BCUT2D eigenvalue weighted by atomic mass is 9.89. The van der Waals surface area contributed by atoms with Crippen molar-refractivity contribution in [2.45, 2.75) is 31.5 Å². The highest BCUT2D eigenvalue weighted by Gasteiger charge is 2.36. The van der Waals surface area contributed by atoms with E-state index in [0.717, 1.165) is 24.0 Å². The average molecular weight is 372 g/mol. The monoisotopic (exact) mass is 372 g/mol. The van der Waals surface area contributed by atoms with Gasteiger partial charge >= 0.3 is 0 Å². The summed E-state index contributed by atoms with van der Waals surface area (Å²) in [5, 5.41) is 17.1. The molecule has 0 spiro atoms. The van der Waals surface area contributed by atoms with Crippen molar-refractivity contribution in [1.82, 2.24) is 20.0 Å². The first-order valence-corrected chi connectivity index (χ1v) is 9.34. The van der Waals surface area contributed by atoms with Crippen LogP contribution in [0.15, 0.2) is 42.7 Å². The van der Waals surface area contributed by atoms with Crippen LogP contribution in [-0.2, 0) is 22.6 Å². The number of aliphatic hydroxyl groups excluding tert-OH is 1. The molecule has 2 aromatic rings. The third-order valence-corrected chi connectivity index (χ3v) is 5.39. The number of carbonyl (C=O) groups is 1. The van der Waals surface area contributed by atoms with E-state index in [0.29, 0.717) is 26.3 Å². The van der Waals surface area contributed by atoms with Crippen LogP contribution in [0.1, 0.15) is 24.0 Å². The Morgan fingerprint density at radius 2 is 2.04 bits per heavy atom. The molecule has 2 N–H and O–H groups in total. The SMILES string of the molecule is CN(CC(=O)NCc1ccccc1Cn1cccn1)C1(CO)CCOCC1. The number of nitrogens with one attached hydrogen (secondary N) is 1. The fourth-order valence-corrected chi connectivity index (χ4v) is 3.50. The van der Waals surface area contributed by atoms with Gasteiger partial charge < -0.3 is 15.2 Å². The lowest BCUT2D eigenvalue weighted by Gasteiger charge is -2.42. The Hall–Kier alpha value is -2.22. The molecule has 0 saturated carbocycles. The van der Waals surface area contributed by atoms with E-state index in [4.69, 9.17) is 4.74 Å². The van der Waals surface area contributed by atoms with Crippen molar-refractivity contribution < 1.29 is 14.6 Å². The lowest BCUT2D eigenvalue weighted by molar-refractivity contribution is -0.125. The number of carbonyl (C=O) groups excluding carboxylic acids is 1. The largest absolute Gasteiger partial charge is 0.394 e. The summed E-state index contributed by atoms with van der Waals surface area (Å²) in [6.45, 7) is 2.67. The van der Waals surface area contributed by atoms with Crippen molar-refractivity contribution in [3.8, 4) is 0 Å². The summed E-state index contributed by atoms with van der Waals surface area (Å²) >= 11 is 0. The highest BCUT2D eigenvalue weighted by molar-refractivity contribution is 5.78. The zero-order valence-electron chi connectivity index (χ0n) is 15.8. The normalized spacial score (nSPS) is 16.4. The van der Waals surface area contributed by atoms with Crippen LogP contribution in [0.4, 0.5) is 0 Å². The number of hydrogen-bond donors (Lipinski definition) is 2. The van der Waals surface area contributed by atoms with E-state index in [1.165, 1.54) is 0 Å². The molecule has 1 saturated heterocycles. The van der Waals surface area contributed by atoms with Crippen molar-refractivity contribution in [2.75, 3.05) is 33.4 Å². The summed E-state index contributed by atoms with van der Waals surface area (Å²) in [7, 11) is 1.90. The minimum Gasteiger partial charge on any atom is -0.394 e. The molecule has 146 valence electrons. The molecule has 1 aromatic carbocycles. The van der Waals surface area contributed by atoms with Gasteiger partial charge in [-0.3, -0.25) is 14.4 Å². The van der Waals surface area contributed by atoms with Crippen LogP contribution in [0.5, 0.6) is 0 Å². The molecule has 1 aliphatic heterocycles. The highest BCUT2D eigenvalue weighted by atomic mass is 16.5. The number of likely N-dealkylation sites (N-methyl/N-ethyl adjacent to an activating group) is 1. The van der Waals surface area contributed by atoms with Gasteiger partial charge in [-0.15, -0.1) is 0 Å². The first-order valence-electron chi connectivity index (χ1n) is 9.34. The smallest absolute Gasteiger partial charge is 0.234 e. The quantitative estimate of drug-likeness (QED) is 0.723. The molecule has 1 fully saturated rings. The molecule has 0 bridgehead atoms. The number of hydrogen-bond acceptors (Lipinski definition) is 5. The molecule has 1 aromatic heterocycles. The Labute approximate surface area is 159 Å². The first kappa shape index (κ1) is 19.5. The summed E-state index contributed by atoms with van der Waals surface area (Å²) in [6, 6.07) is 9.94. The van der Waals surface area contributed by atoms with Crippen LogP contribution in [0.25, 0.3) is 0 Å². The molecular formula is C20H28N4O3. The number of amides is 1. The Bertz CT molecular complexity index is 727. The Kier molecular flexibility index (Phi) is 6.60. The first-order chi connectivity index (χ1) is 13.1. The van der Waals surface area contributed by atoms with Crippen LogP contribution in [-0.4, -0.2) is 64.6 Å². The van der Waals surface area contributed by atoms with Gasteiger partial charge in [-0.25, -0.2) is 0 Å². The molecule has 0 unspecified atom stereocenters. The van der Waals surface area contributed by atoms with Gasteiger partial charge in [-0.2, -0.15) is 5.10 Å². The summed E-state index contributed by atoms with van der Waals surface area (Å²) in [4.78, 5) is 14.4. The van der Waals surface area contributed by atoms with Gasteiger partial charge in [0.15, 0.2) is 0 Å². The zero-order chi connectivity index (χ0) is 19.1. The van der Waals surface area contributed by atoms with Gasteiger partial charge in [0.25, 0.3) is 0 Å². The molecule has 0 aliphatic carbocycles. The van der Waals surface area contributed by atoms with Crippen LogP contribution < -0.4 is 5.32 Å². The van der Waals surface area contributed by atoms with Crippen molar-refractivity contribution in [3.63, 3.8) is 0 Å². The second-order valence-electron chi connectivity index (χ2n) is 7.10. The minimum absolute atomic E-state index is 0.0346. The van der Waals surface area contributed by atoms with Crippen LogP contribution in [0.2, 0.25) is 0 Å². The van der Waals surface area contributed by atoms with Crippen LogP contribution in [0.3, 0.4) is 0 Å². The molecule has 7 heteroatoms. The topological polar surface area (TPSA) is 79.6 Å². The molecule has 0 radical (unpaired) electrons. The number of aliphatic hydroxyl groups is 1. The summed E-state index contributed by atoms with van der Waals surface area (Å²) in [5.41, 5.74) is 1.84. The van der Waals surface area contributed by atoms with Crippen molar-refractivity contribution >= 4 is 5.91 Å². The molecule has 0 atom stereocenters. The summed E-state index contributed by atoms with van der Waals surface area (Å²) in [5.74, 6) is -0.0503. The van der Waals surface area contributed by atoms with Gasteiger partial charge in [-0.1, -0.05) is 24.3 Å². The summed E-state index contributed by atoms with van der Waals surface area (Å²) in [6.07, 6.45) is 5.15. The number of benzene rings is 1. The maximum Gasteiger partial charge on any atom is 0.234 e. The highest BCUT2D eigenvalue weighted by Crippen LogP contribution is 2.26. The molecule has 7 nitrogen and oxygen atoms in total. The Morgan fingerprint density at radius 3 is 2.70 bits per heavy atom. The number of nitrogens with zero attached hydrogens (tertiary/aromatic N) is 3. The fraction of sp³-hybridized carbons (Fsp3) is 0.500. The minimum atomic E-state index is -0.367.